The number of amides is 1. The molecule has 2 rings (SSSR count). The molecule has 1 aliphatic rings. The van der Waals surface area contributed by atoms with Crippen molar-refractivity contribution in [3.05, 3.63) is 35.4 Å². The average Bonchev–Trinajstić information content (AvgIpc) is 2.82. The third kappa shape index (κ3) is 5.56. The molecule has 0 aromatic heterocycles. The van der Waals surface area contributed by atoms with Gasteiger partial charge in [0.1, 0.15) is 17.2 Å². The lowest BCUT2D eigenvalue weighted by Gasteiger charge is -2.22. The number of carbonyl (C=O) groups is 2. The number of ketones is 1. The van der Waals surface area contributed by atoms with Gasteiger partial charge in [-0.05, 0) is 39.3 Å². The van der Waals surface area contributed by atoms with Crippen LogP contribution in [0.3, 0.4) is 0 Å². The quantitative estimate of drug-likeness (QED) is 0.856. The molecule has 132 valence electrons. The number of hydrogen-bond acceptors (Lipinski definition) is 4. The summed E-state index contributed by atoms with van der Waals surface area (Å²) in [6.07, 6.45) is 0.192. The van der Waals surface area contributed by atoms with Gasteiger partial charge in [0.15, 0.2) is 5.78 Å². The van der Waals surface area contributed by atoms with Gasteiger partial charge >= 0.3 is 6.09 Å². The molecule has 1 fully saturated rings. The topological polar surface area (TPSA) is 58.6 Å². The molecule has 5 nitrogen and oxygen atoms in total. The Labute approximate surface area is 140 Å². The molecule has 0 radical (unpaired) electrons. The second kappa shape index (κ2) is 7.25. The van der Waals surface area contributed by atoms with E-state index in [9.17, 15) is 18.4 Å². The summed E-state index contributed by atoms with van der Waals surface area (Å²) >= 11 is 0. The highest BCUT2D eigenvalue weighted by atomic mass is 19.1. The maximum atomic E-state index is 13.2. The summed E-state index contributed by atoms with van der Waals surface area (Å²) in [5.74, 6) is -1.90. The van der Waals surface area contributed by atoms with Crippen molar-refractivity contribution in [3.63, 3.8) is 0 Å². The molecule has 24 heavy (non-hydrogen) atoms. The summed E-state index contributed by atoms with van der Waals surface area (Å²) < 4.78 is 31.5. The monoisotopic (exact) mass is 340 g/mol. The Morgan fingerprint density at radius 2 is 1.88 bits per heavy atom. The van der Waals surface area contributed by atoms with Gasteiger partial charge in [-0.15, -0.1) is 0 Å². The zero-order chi connectivity index (χ0) is 17.9. The van der Waals surface area contributed by atoms with Crippen LogP contribution in [0.5, 0.6) is 0 Å². The molecule has 1 saturated heterocycles. The van der Waals surface area contributed by atoms with Gasteiger partial charge in [0.2, 0.25) is 0 Å². The molecule has 1 heterocycles. The first-order valence-electron chi connectivity index (χ1n) is 7.83. The predicted molar refractivity (Wildman–Crippen MR) is 84.9 cm³/mol. The van der Waals surface area contributed by atoms with E-state index in [1.807, 2.05) is 4.90 Å². The summed E-state index contributed by atoms with van der Waals surface area (Å²) in [7, 11) is 0. The van der Waals surface area contributed by atoms with Gasteiger partial charge in [0.05, 0.1) is 6.54 Å². The van der Waals surface area contributed by atoms with E-state index >= 15 is 0 Å². The first kappa shape index (κ1) is 18.3. The number of Topliss-reactive ketones (excluding diaryl/α,β-unsaturated/α-hetero) is 1. The Hall–Kier alpha value is -2.02. The Bertz CT molecular complexity index is 609. The minimum atomic E-state index is -0.774. The van der Waals surface area contributed by atoms with Gasteiger partial charge in [0.25, 0.3) is 0 Å². The molecule has 1 amide bonds. The fraction of sp³-hybridized carbons (Fsp3) is 0.529. The van der Waals surface area contributed by atoms with Crippen molar-refractivity contribution in [1.82, 2.24) is 10.2 Å². The van der Waals surface area contributed by atoms with Gasteiger partial charge in [-0.1, -0.05) is 0 Å². The van der Waals surface area contributed by atoms with E-state index in [4.69, 9.17) is 4.74 Å². The average molecular weight is 340 g/mol. The van der Waals surface area contributed by atoms with Gasteiger partial charge in [-0.2, -0.15) is 0 Å². The lowest BCUT2D eigenvalue weighted by atomic mass is 10.1. The van der Waals surface area contributed by atoms with Crippen LogP contribution in [0.15, 0.2) is 18.2 Å². The summed E-state index contributed by atoms with van der Waals surface area (Å²) in [5, 5.41) is 2.76. The molecule has 1 aromatic carbocycles. The number of nitrogens with zero attached hydrogens (tertiary/aromatic N) is 1. The van der Waals surface area contributed by atoms with Crippen LogP contribution in [0, 0.1) is 11.6 Å². The summed E-state index contributed by atoms with van der Waals surface area (Å²) in [6, 6.07) is 2.67. The SMILES string of the molecule is CC(C)(C)OC(=O)NC1CCN(CC(=O)c2cc(F)cc(F)c2)C1. The Kier molecular flexibility index (Phi) is 5.54. The van der Waals surface area contributed by atoms with Crippen LogP contribution in [0.2, 0.25) is 0 Å². The van der Waals surface area contributed by atoms with Crippen molar-refractivity contribution in [3.8, 4) is 0 Å². The second-order valence-corrected chi connectivity index (χ2v) is 6.95. The van der Waals surface area contributed by atoms with Crippen LogP contribution < -0.4 is 5.32 Å². The van der Waals surface area contributed by atoms with Crippen LogP contribution in [0.25, 0.3) is 0 Å². The van der Waals surface area contributed by atoms with E-state index in [1.165, 1.54) is 0 Å². The third-order valence-electron chi connectivity index (χ3n) is 3.54. The highest BCUT2D eigenvalue weighted by Gasteiger charge is 2.27. The van der Waals surface area contributed by atoms with Crippen molar-refractivity contribution in [2.45, 2.75) is 38.8 Å². The number of nitrogens with one attached hydrogen (secondary N) is 1. The fourth-order valence-corrected chi connectivity index (χ4v) is 2.58. The first-order valence-corrected chi connectivity index (χ1v) is 7.83. The van der Waals surface area contributed by atoms with Gasteiger partial charge in [0, 0.05) is 30.8 Å². The molecule has 1 aromatic rings. The molecule has 0 aliphatic carbocycles. The van der Waals surface area contributed by atoms with Crippen molar-refractivity contribution >= 4 is 11.9 Å². The molecular formula is C17H22F2N2O3. The van der Waals surface area contributed by atoms with E-state index in [0.29, 0.717) is 19.5 Å². The predicted octanol–water partition coefficient (Wildman–Crippen LogP) is 2.75. The number of hydrogen-bond donors (Lipinski definition) is 1. The lowest BCUT2D eigenvalue weighted by molar-refractivity contribution is 0.0506. The van der Waals surface area contributed by atoms with E-state index in [0.717, 1.165) is 18.2 Å². The van der Waals surface area contributed by atoms with Crippen molar-refractivity contribution in [1.29, 1.82) is 0 Å². The van der Waals surface area contributed by atoms with Crippen LogP contribution >= 0.6 is 0 Å². The van der Waals surface area contributed by atoms with Gasteiger partial charge < -0.3 is 10.1 Å². The number of carbonyl (C=O) groups excluding carboxylic acids is 2. The van der Waals surface area contributed by atoms with E-state index in [-0.39, 0.29) is 23.9 Å². The molecule has 1 unspecified atom stereocenters. The van der Waals surface area contributed by atoms with Crippen LogP contribution in [-0.2, 0) is 4.74 Å². The van der Waals surface area contributed by atoms with Gasteiger partial charge in [-0.25, -0.2) is 13.6 Å². The molecule has 1 N–H and O–H groups in total. The van der Waals surface area contributed by atoms with Crippen LogP contribution in [0.4, 0.5) is 13.6 Å². The Morgan fingerprint density at radius 1 is 1.25 bits per heavy atom. The number of alkyl carbamates (subject to hydrolysis) is 1. The lowest BCUT2D eigenvalue weighted by Crippen LogP contribution is -2.41. The maximum Gasteiger partial charge on any atom is 0.407 e. The summed E-state index contributed by atoms with van der Waals surface area (Å²) in [5.41, 5.74) is -0.559. The van der Waals surface area contributed by atoms with Crippen molar-refractivity contribution in [2.24, 2.45) is 0 Å². The Morgan fingerprint density at radius 3 is 2.46 bits per heavy atom. The van der Waals surface area contributed by atoms with Crippen LogP contribution in [0.1, 0.15) is 37.6 Å². The molecule has 7 heteroatoms. The second-order valence-electron chi connectivity index (χ2n) is 6.95. The normalized spacial score (nSPS) is 18.5. The number of halogens is 2. The van der Waals surface area contributed by atoms with E-state index in [2.05, 4.69) is 5.32 Å². The molecular weight excluding hydrogens is 318 g/mol. The van der Waals surface area contributed by atoms with E-state index < -0.39 is 23.3 Å². The third-order valence-corrected chi connectivity index (χ3v) is 3.54. The highest BCUT2D eigenvalue weighted by Crippen LogP contribution is 2.14. The fourth-order valence-electron chi connectivity index (χ4n) is 2.58. The van der Waals surface area contributed by atoms with Crippen molar-refractivity contribution < 1.29 is 23.1 Å². The standard InChI is InChI=1S/C17H22F2N2O3/c1-17(2,3)24-16(23)20-14-4-5-21(9-14)10-15(22)11-6-12(18)8-13(19)7-11/h6-8,14H,4-5,9-10H2,1-3H3,(H,20,23). The molecule has 0 saturated carbocycles. The summed E-state index contributed by atoms with van der Waals surface area (Å²) in [4.78, 5) is 25.7. The first-order chi connectivity index (χ1) is 11.1. The minimum absolute atomic E-state index is 0.0102. The maximum absolute atomic E-state index is 13.2. The largest absolute Gasteiger partial charge is 0.444 e. The molecule has 1 atom stereocenters. The zero-order valence-electron chi connectivity index (χ0n) is 14.1. The highest BCUT2D eigenvalue weighted by molar-refractivity contribution is 5.97. The van der Waals surface area contributed by atoms with Crippen LogP contribution in [-0.4, -0.2) is 48.1 Å². The number of benzene rings is 1. The minimum Gasteiger partial charge on any atom is -0.444 e. The smallest absolute Gasteiger partial charge is 0.407 e. The Balaban J connectivity index is 1.85. The number of likely N-dealkylation sites (tertiary alicyclic amines) is 1. The zero-order valence-corrected chi connectivity index (χ0v) is 14.1. The summed E-state index contributed by atoms with van der Waals surface area (Å²) in [6.45, 7) is 6.50. The molecule has 1 aliphatic heterocycles. The van der Waals surface area contributed by atoms with Crippen molar-refractivity contribution in [2.75, 3.05) is 19.6 Å². The molecule has 0 spiro atoms. The van der Waals surface area contributed by atoms with Gasteiger partial charge in [-0.3, -0.25) is 9.69 Å². The molecule has 0 bridgehead atoms. The number of ether oxygens (including phenoxy) is 1. The van der Waals surface area contributed by atoms with E-state index in [1.54, 1.807) is 20.8 Å². The number of rotatable bonds is 4.